The van der Waals surface area contributed by atoms with Gasteiger partial charge in [0.1, 0.15) is 21.8 Å². The Balaban J connectivity index is 1.91. The zero-order valence-electron chi connectivity index (χ0n) is 19.3. The Hall–Kier alpha value is -3.20. The SMILES string of the molecule is CCCn1c(=O)n(C)c(=O)c2c(SCc3cc(=O)oc4cc(C)ccc34)nc(C(C)C)nc21. The first kappa shape index (κ1) is 23.0. The lowest BCUT2D eigenvalue weighted by molar-refractivity contribution is 0.559. The summed E-state index contributed by atoms with van der Waals surface area (Å²) >= 11 is 1.36. The van der Waals surface area contributed by atoms with Crippen molar-refractivity contribution in [1.82, 2.24) is 19.1 Å². The Bertz CT molecular complexity index is 1550. The molecule has 1 aromatic carbocycles. The highest BCUT2D eigenvalue weighted by molar-refractivity contribution is 7.98. The maximum absolute atomic E-state index is 13.1. The summed E-state index contributed by atoms with van der Waals surface area (Å²) in [6, 6.07) is 7.20. The first-order valence-corrected chi connectivity index (χ1v) is 11.9. The average molecular weight is 467 g/mol. The van der Waals surface area contributed by atoms with Crippen LogP contribution in [-0.2, 0) is 19.3 Å². The first-order valence-electron chi connectivity index (χ1n) is 10.9. The Morgan fingerprint density at radius 2 is 1.88 bits per heavy atom. The maximum atomic E-state index is 13.1. The third-order valence-electron chi connectivity index (χ3n) is 5.48. The molecule has 8 nitrogen and oxygen atoms in total. The lowest BCUT2D eigenvalue weighted by Crippen LogP contribution is -2.39. The molecule has 0 aliphatic carbocycles. The first-order chi connectivity index (χ1) is 15.7. The molecule has 0 unspecified atom stereocenters. The van der Waals surface area contributed by atoms with Gasteiger partial charge in [0.25, 0.3) is 5.56 Å². The fraction of sp³-hybridized carbons (Fsp3) is 0.375. The van der Waals surface area contributed by atoms with Crippen molar-refractivity contribution in [2.24, 2.45) is 7.05 Å². The van der Waals surface area contributed by atoms with Gasteiger partial charge in [-0.3, -0.25) is 13.9 Å². The normalized spacial score (nSPS) is 11.7. The van der Waals surface area contributed by atoms with Gasteiger partial charge in [-0.05, 0) is 30.5 Å². The minimum absolute atomic E-state index is 0.00978. The van der Waals surface area contributed by atoms with Crippen molar-refractivity contribution in [2.75, 3.05) is 0 Å². The van der Waals surface area contributed by atoms with Crippen LogP contribution in [0.1, 0.15) is 50.1 Å². The molecule has 33 heavy (non-hydrogen) atoms. The summed E-state index contributed by atoms with van der Waals surface area (Å²) in [5.74, 6) is 0.983. The van der Waals surface area contributed by atoms with Gasteiger partial charge < -0.3 is 4.42 Å². The van der Waals surface area contributed by atoms with Gasteiger partial charge in [0.15, 0.2) is 5.65 Å². The van der Waals surface area contributed by atoms with E-state index in [-0.39, 0.29) is 11.6 Å². The van der Waals surface area contributed by atoms with Crippen LogP contribution >= 0.6 is 11.8 Å². The standard InChI is InChI=1S/C24H26N4O4S/c1-6-9-28-21-19(23(30)27(5)24(28)31)22(26-20(25-21)13(2)3)33-12-15-11-18(29)32-17-10-14(4)7-8-16(15)17/h7-8,10-11,13H,6,9,12H2,1-5H3. The van der Waals surface area contributed by atoms with E-state index >= 15 is 0 Å². The predicted octanol–water partition coefficient (Wildman–Crippen LogP) is 3.73. The molecule has 4 aromatic rings. The van der Waals surface area contributed by atoms with Gasteiger partial charge >= 0.3 is 11.3 Å². The fourth-order valence-electron chi connectivity index (χ4n) is 3.74. The van der Waals surface area contributed by atoms with E-state index in [1.165, 1.54) is 24.9 Å². The number of nitrogens with zero attached hydrogens (tertiary/aromatic N) is 4. The summed E-state index contributed by atoms with van der Waals surface area (Å²) in [4.78, 5) is 47.3. The van der Waals surface area contributed by atoms with E-state index in [1.807, 2.05) is 45.9 Å². The molecule has 0 saturated carbocycles. The molecule has 0 N–H and O–H groups in total. The summed E-state index contributed by atoms with van der Waals surface area (Å²) < 4.78 is 8.02. The van der Waals surface area contributed by atoms with E-state index in [0.29, 0.717) is 39.8 Å². The topological polar surface area (TPSA) is 100.0 Å². The van der Waals surface area contributed by atoms with E-state index in [2.05, 4.69) is 9.97 Å². The number of thioether (sulfide) groups is 1. The van der Waals surface area contributed by atoms with Crippen LogP contribution in [0.4, 0.5) is 0 Å². The van der Waals surface area contributed by atoms with Gasteiger partial charge in [0.2, 0.25) is 0 Å². The molecule has 9 heteroatoms. The van der Waals surface area contributed by atoms with Crippen molar-refractivity contribution in [3.05, 3.63) is 72.5 Å². The minimum atomic E-state index is -0.424. The molecular formula is C24H26N4O4S. The Kier molecular flexibility index (Phi) is 6.25. The second kappa shape index (κ2) is 8.97. The van der Waals surface area contributed by atoms with Crippen molar-refractivity contribution in [3.63, 3.8) is 0 Å². The summed E-state index contributed by atoms with van der Waals surface area (Å²) in [5.41, 5.74) is 1.44. The monoisotopic (exact) mass is 466 g/mol. The third kappa shape index (κ3) is 4.25. The van der Waals surface area contributed by atoms with Crippen LogP contribution in [0.3, 0.4) is 0 Å². The fourth-order valence-corrected chi connectivity index (χ4v) is 4.76. The average Bonchev–Trinajstić information content (AvgIpc) is 2.77. The molecule has 0 aliphatic rings. The highest BCUT2D eigenvalue weighted by Gasteiger charge is 2.20. The molecule has 3 aromatic heterocycles. The van der Waals surface area contributed by atoms with E-state index in [0.717, 1.165) is 27.5 Å². The third-order valence-corrected chi connectivity index (χ3v) is 6.50. The number of aryl methyl sites for hydroxylation is 2. The van der Waals surface area contributed by atoms with E-state index in [9.17, 15) is 14.4 Å². The lowest BCUT2D eigenvalue weighted by Gasteiger charge is -2.15. The summed E-state index contributed by atoms with van der Waals surface area (Å²) in [7, 11) is 1.47. The summed E-state index contributed by atoms with van der Waals surface area (Å²) in [5, 5.41) is 1.66. The molecule has 0 saturated heterocycles. The molecule has 0 aliphatic heterocycles. The number of aromatic nitrogens is 4. The molecule has 0 spiro atoms. The lowest BCUT2D eigenvalue weighted by atomic mass is 10.1. The Labute approximate surface area is 194 Å². The van der Waals surface area contributed by atoms with Gasteiger partial charge in [-0.1, -0.05) is 32.9 Å². The van der Waals surface area contributed by atoms with Gasteiger partial charge in [-0.15, -0.1) is 11.8 Å². The van der Waals surface area contributed by atoms with Crippen molar-refractivity contribution in [3.8, 4) is 0 Å². The number of fused-ring (bicyclic) bond motifs is 2. The van der Waals surface area contributed by atoms with Gasteiger partial charge in [-0.2, -0.15) is 0 Å². The van der Waals surface area contributed by atoms with Crippen molar-refractivity contribution >= 4 is 33.8 Å². The maximum Gasteiger partial charge on any atom is 0.336 e. The van der Waals surface area contributed by atoms with Gasteiger partial charge in [0.05, 0.1) is 0 Å². The minimum Gasteiger partial charge on any atom is -0.423 e. The van der Waals surface area contributed by atoms with Crippen LogP contribution in [0.15, 0.2) is 48.1 Å². The molecule has 3 heterocycles. The van der Waals surface area contributed by atoms with Crippen molar-refractivity contribution in [2.45, 2.75) is 57.4 Å². The molecule has 0 radical (unpaired) electrons. The zero-order chi connectivity index (χ0) is 23.9. The Morgan fingerprint density at radius 1 is 1.12 bits per heavy atom. The van der Waals surface area contributed by atoms with Crippen LogP contribution in [-0.4, -0.2) is 19.1 Å². The number of hydrogen-bond donors (Lipinski definition) is 0. The van der Waals surface area contributed by atoms with E-state index in [1.54, 1.807) is 4.57 Å². The van der Waals surface area contributed by atoms with E-state index in [4.69, 9.17) is 4.42 Å². The second-order valence-electron chi connectivity index (χ2n) is 8.42. The molecule has 0 amide bonds. The largest absolute Gasteiger partial charge is 0.423 e. The number of benzene rings is 1. The highest BCUT2D eigenvalue weighted by atomic mass is 32.2. The van der Waals surface area contributed by atoms with Gasteiger partial charge in [-0.25, -0.2) is 19.6 Å². The molecule has 0 atom stereocenters. The molecule has 0 fully saturated rings. The smallest absolute Gasteiger partial charge is 0.336 e. The highest BCUT2D eigenvalue weighted by Crippen LogP contribution is 2.30. The predicted molar refractivity (Wildman–Crippen MR) is 130 cm³/mol. The van der Waals surface area contributed by atoms with Crippen molar-refractivity contribution < 1.29 is 4.42 Å². The molecule has 0 bridgehead atoms. The number of rotatable bonds is 6. The van der Waals surface area contributed by atoms with Crippen LogP contribution in [0.2, 0.25) is 0 Å². The second-order valence-corrected chi connectivity index (χ2v) is 9.38. The van der Waals surface area contributed by atoms with E-state index < -0.39 is 11.2 Å². The van der Waals surface area contributed by atoms with Crippen LogP contribution in [0.5, 0.6) is 0 Å². The molecule has 4 rings (SSSR count). The quantitative estimate of drug-likeness (QED) is 0.242. The van der Waals surface area contributed by atoms with Crippen LogP contribution in [0, 0.1) is 6.92 Å². The summed E-state index contributed by atoms with van der Waals surface area (Å²) in [6.45, 7) is 8.30. The van der Waals surface area contributed by atoms with Crippen LogP contribution in [0.25, 0.3) is 22.0 Å². The van der Waals surface area contributed by atoms with Crippen LogP contribution < -0.4 is 16.9 Å². The molecular weight excluding hydrogens is 440 g/mol. The van der Waals surface area contributed by atoms with Gasteiger partial charge in [0, 0.05) is 36.7 Å². The Morgan fingerprint density at radius 3 is 2.58 bits per heavy atom. The zero-order valence-corrected chi connectivity index (χ0v) is 20.2. The number of hydrogen-bond acceptors (Lipinski definition) is 7. The summed E-state index contributed by atoms with van der Waals surface area (Å²) in [6.07, 6.45) is 0.724. The molecule has 172 valence electrons. The van der Waals surface area contributed by atoms with Crippen molar-refractivity contribution in [1.29, 1.82) is 0 Å².